The molecule has 0 aliphatic rings. The Morgan fingerprint density at radius 3 is 2.64 bits per heavy atom. The molecule has 0 unspecified atom stereocenters. The van der Waals surface area contributed by atoms with Crippen molar-refractivity contribution in [3.63, 3.8) is 0 Å². The van der Waals surface area contributed by atoms with E-state index in [4.69, 9.17) is 9.47 Å². The Morgan fingerprint density at radius 1 is 1.14 bits per heavy atom. The van der Waals surface area contributed by atoms with E-state index in [2.05, 4.69) is 9.97 Å². The third kappa shape index (κ3) is 2.24. The molecule has 0 saturated heterocycles. The molecule has 1 heterocycles. The van der Waals surface area contributed by atoms with Gasteiger partial charge in [-0.05, 0) is 18.2 Å². The molecule has 6 heteroatoms. The van der Waals surface area contributed by atoms with Gasteiger partial charge in [-0.1, -0.05) is 12.1 Å². The summed E-state index contributed by atoms with van der Waals surface area (Å²) in [7, 11) is 2.95. The number of aromatic hydroxyl groups is 1. The lowest BCUT2D eigenvalue weighted by atomic mass is 10.1. The summed E-state index contributed by atoms with van der Waals surface area (Å²) < 4.78 is 10.3. The monoisotopic (exact) mass is 298 g/mol. The first-order valence-electron chi connectivity index (χ1n) is 6.58. The molecule has 3 rings (SSSR count). The Balaban J connectivity index is 2.29. The molecule has 0 aliphatic carbocycles. The molecule has 1 aromatic heterocycles. The van der Waals surface area contributed by atoms with Crippen molar-refractivity contribution >= 4 is 10.9 Å². The molecule has 0 aliphatic heterocycles. The number of hydrogen-bond donors (Lipinski definition) is 2. The number of nitrogens with zero attached hydrogens (tertiary/aromatic N) is 1. The summed E-state index contributed by atoms with van der Waals surface area (Å²) in [6.45, 7) is 0. The molecule has 3 aromatic rings. The van der Waals surface area contributed by atoms with Crippen LogP contribution in [-0.4, -0.2) is 29.3 Å². The van der Waals surface area contributed by atoms with Crippen LogP contribution in [0.3, 0.4) is 0 Å². The number of benzene rings is 2. The van der Waals surface area contributed by atoms with Crippen LogP contribution in [-0.2, 0) is 0 Å². The van der Waals surface area contributed by atoms with Gasteiger partial charge in [0, 0.05) is 6.07 Å². The van der Waals surface area contributed by atoms with Crippen molar-refractivity contribution < 1.29 is 14.6 Å². The van der Waals surface area contributed by atoms with Gasteiger partial charge in [-0.2, -0.15) is 0 Å². The minimum atomic E-state index is -0.276. The number of aromatic amines is 1. The fourth-order valence-corrected chi connectivity index (χ4v) is 2.25. The van der Waals surface area contributed by atoms with Crippen molar-refractivity contribution in [3.8, 4) is 28.6 Å². The van der Waals surface area contributed by atoms with E-state index in [1.165, 1.54) is 14.2 Å². The van der Waals surface area contributed by atoms with E-state index in [9.17, 15) is 9.90 Å². The molecule has 0 radical (unpaired) electrons. The Morgan fingerprint density at radius 2 is 1.91 bits per heavy atom. The molecule has 6 nitrogen and oxygen atoms in total. The summed E-state index contributed by atoms with van der Waals surface area (Å²) in [5, 5.41) is 10.8. The summed E-state index contributed by atoms with van der Waals surface area (Å²) in [6.07, 6.45) is 0. The predicted molar refractivity (Wildman–Crippen MR) is 82.6 cm³/mol. The second-order valence-electron chi connectivity index (χ2n) is 4.66. The average Bonchev–Trinajstić information content (AvgIpc) is 2.55. The van der Waals surface area contributed by atoms with Crippen molar-refractivity contribution in [3.05, 3.63) is 46.8 Å². The van der Waals surface area contributed by atoms with Crippen molar-refractivity contribution in [2.24, 2.45) is 0 Å². The number of H-pyrrole nitrogens is 1. The van der Waals surface area contributed by atoms with Crippen molar-refractivity contribution in [1.82, 2.24) is 9.97 Å². The van der Waals surface area contributed by atoms with Gasteiger partial charge in [0.05, 0.1) is 30.7 Å². The van der Waals surface area contributed by atoms with Crippen molar-refractivity contribution in [2.75, 3.05) is 14.2 Å². The largest absolute Gasteiger partial charge is 0.504 e. The van der Waals surface area contributed by atoms with E-state index in [1.54, 1.807) is 36.4 Å². The highest BCUT2D eigenvalue weighted by molar-refractivity contribution is 5.80. The third-order valence-electron chi connectivity index (χ3n) is 3.37. The number of hydrogen-bond acceptors (Lipinski definition) is 5. The van der Waals surface area contributed by atoms with Crippen LogP contribution in [0.5, 0.6) is 17.2 Å². The maximum absolute atomic E-state index is 12.2. The minimum Gasteiger partial charge on any atom is -0.504 e. The number of fused-ring (bicyclic) bond motifs is 1. The lowest BCUT2D eigenvalue weighted by molar-refractivity contribution is 0.365. The zero-order valence-corrected chi connectivity index (χ0v) is 12.1. The number of aromatic nitrogens is 2. The Bertz CT molecular complexity index is 902. The summed E-state index contributed by atoms with van der Waals surface area (Å²) in [6, 6.07) is 10.1. The highest BCUT2D eigenvalue weighted by Crippen LogP contribution is 2.39. The molecule has 0 atom stereocenters. The summed E-state index contributed by atoms with van der Waals surface area (Å²) in [5.41, 5.74) is 0.600. The Hall–Kier alpha value is -3.02. The zero-order chi connectivity index (χ0) is 15.7. The Kier molecular flexibility index (Phi) is 3.42. The standard InChI is InChI=1S/C16H14N2O4/c1-21-9-7-11(14(19)13(8-9)22-2)15-17-12-6-4-3-5-10(12)16(20)18-15/h3-8,19H,1-2H3,(H,17,18,20). The highest BCUT2D eigenvalue weighted by Gasteiger charge is 2.16. The number of phenolic OH excluding ortho intramolecular Hbond substituents is 1. The van der Waals surface area contributed by atoms with Crippen LogP contribution < -0.4 is 15.0 Å². The molecular formula is C16H14N2O4. The fourth-order valence-electron chi connectivity index (χ4n) is 2.25. The van der Waals surface area contributed by atoms with Gasteiger partial charge >= 0.3 is 0 Å². The van der Waals surface area contributed by atoms with Gasteiger partial charge in [-0.3, -0.25) is 4.79 Å². The van der Waals surface area contributed by atoms with Gasteiger partial charge in [0.25, 0.3) is 5.56 Å². The van der Waals surface area contributed by atoms with Crippen LogP contribution in [0.25, 0.3) is 22.3 Å². The van der Waals surface area contributed by atoms with E-state index < -0.39 is 0 Å². The van der Waals surface area contributed by atoms with Gasteiger partial charge in [-0.15, -0.1) is 0 Å². The van der Waals surface area contributed by atoms with Gasteiger partial charge in [-0.25, -0.2) is 4.98 Å². The first-order chi connectivity index (χ1) is 10.6. The maximum Gasteiger partial charge on any atom is 0.259 e. The van der Waals surface area contributed by atoms with Crippen LogP contribution in [0, 0.1) is 0 Å². The zero-order valence-electron chi connectivity index (χ0n) is 12.1. The Labute approximate surface area is 126 Å². The molecule has 112 valence electrons. The number of nitrogens with one attached hydrogen (secondary N) is 1. The number of phenols is 1. The minimum absolute atomic E-state index is 0.110. The maximum atomic E-state index is 12.2. The SMILES string of the molecule is COc1cc(OC)c(O)c(-c2nc3ccccc3c(=O)[nH]2)c1. The van der Waals surface area contributed by atoms with Gasteiger partial charge in [0.15, 0.2) is 11.5 Å². The average molecular weight is 298 g/mol. The fraction of sp³-hybridized carbons (Fsp3) is 0.125. The molecule has 2 aromatic carbocycles. The van der Waals surface area contributed by atoms with E-state index in [-0.39, 0.29) is 22.9 Å². The lowest BCUT2D eigenvalue weighted by Crippen LogP contribution is -2.09. The number of ether oxygens (including phenoxy) is 2. The van der Waals surface area contributed by atoms with Crippen LogP contribution in [0.4, 0.5) is 0 Å². The molecular weight excluding hydrogens is 284 g/mol. The van der Waals surface area contributed by atoms with Gasteiger partial charge < -0.3 is 19.6 Å². The summed E-state index contributed by atoms with van der Waals surface area (Å²) in [4.78, 5) is 19.2. The number of methoxy groups -OCH3 is 2. The predicted octanol–water partition coefficient (Wildman–Crippen LogP) is 2.31. The van der Waals surface area contributed by atoms with Crippen molar-refractivity contribution in [2.45, 2.75) is 0 Å². The number of rotatable bonds is 3. The molecule has 0 spiro atoms. The summed E-state index contributed by atoms with van der Waals surface area (Å²) in [5.74, 6) is 0.866. The van der Waals surface area contributed by atoms with E-state index in [1.807, 2.05) is 0 Å². The van der Waals surface area contributed by atoms with Crippen molar-refractivity contribution in [1.29, 1.82) is 0 Å². The van der Waals surface area contributed by atoms with E-state index >= 15 is 0 Å². The molecule has 22 heavy (non-hydrogen) atoms. The highest BCUT2D eigenvalue weighted by atomic mass is 16.5. The topological polar surface area (TPSA) is 84.4 Å². The van der Waals surface area contributed by atoms with E-state index in [0.29, 0.717) is 22.2 Å². The molecule has 0 amide bonds. The van der Waals surface area contributed by atoms with Gasteiger partial charge in [0.1, 0.15) is 11.6 Å². The number of para-hydroxylation sites is 1. The molecule has 2 N–H and O–H groups in total. The second kappa shape index (κ2) is 5.40. The first-order valence-corrected chi connectivity index (χ1v) is 6.58. The first kappa shape index (κ1) is 13.9. The van der Waals surface area contributed by atoms with E-state index in [0.717, 1.165) is 0 Å². The normalized spacial score (nSPS) is 10.6. The van der Waals surface area contributed by atoms with Gasteiger partial charge in [0.2, 0.25) is 0 Å². The van der Waals surface area contributed by atoms with Crippen LogP contribution >= 0.6 is 0 Å². The van der Waals surface area contributed by atoms with Crippen LogP contribution in [0.1, 0.15) is 0 Å². The molecule has 0 saturated carbocycles. The molecule has 0 fully saturated rings. The summed E-state index contributed by atoms with van der Waals surface area (Å²) >= 11 is 0. The van der Waals surface area contributed by atoms with Crippen LogP contribution in [0.15, 0.2) is 41.2 Å². The lowest BCUT2D eigenvalue weighted by Gasteiger charge is -2.11. The quantitative estimate of drug-likeness (QED) is 0.775. The smallest absolute Gasteiger partial charge is 0.259 e. The van der Waals surface area contributed by atoms with Crippen LogP contribution in [0.2, 0.25) is 0 Å². The molecule has 0 bridgehead atoms. The second-order valence-corrected chi connectivity index (χ2v) is 4.66. The third-order valence-corrected chi connectivity index (χ3v) is 3.37.